The Bertz CT molecular complexity index is 712. The number of anilines is 1. The molecule has 116 valence electrons. The summed E-state index contributed by atoms with van der Waals surface area (Å²) in [6.07, 6.45) is 4.50. The normalized spacial score (nSPS) is 13.5. The van der Waals surface area contributed by atoms with Gasteiger partial charge in [0.05, 0.1) is 0 Å². The first-order valence-corrected chi connectivity index (χ1v) is 9.44. The topological polar surface area (TPSA) is 75.5 Å². The van der Waals surface area contributed by atoms with Crippen LogP contribution < -0.4 is 10.0 Å². The summed E-state index contributed by atoms with van der Waals surface area (Å²) in [5.41, 5.74) is 0.597. The number of hydrogen-bond donors (Lipinski definition) is 2. The number of hydrogen-bond acceptors (Lipinski definition) is 5. The predicted octanol–water partition coefficient (Wildman–Crippen LogP) is 1.80. The number of nitrogens with zero attached hydrogens (tertiary/aromatic N) is 2. The number of sulfonamides is 1. The Labute approximate surface area is 129 Å². The van der Waals surface area contributed by atoms with Gasteiger partial charge in [-0.25, -0.2) is 18.1 Å². The zero-order valence-corrected chi connectivity index (χ0v) is 14.0. The van der Waals surface area contributed by atoms with Gasteiger partial charge < -0.3 is 5.32 Å². The van der Waals surface area contributed by atoms with Crippen LogP contribution in [-0.2, 0) is 10.0 Å². The molecule has 0 fully saturated rings. The van der Waals surface area contributed by atoms with E-state index in [0.717, 1.165) is 6.42 Å². The highest BCUT2D eigenvalue weighted by atomic mass is 32.2. The highest BCUT2D eigenvalue weighted by molar-refractivity contribution is 7.99. The highest BCUT2D eigenvalue weighted by Gasteiger charge is 2.24. The number of rotatable bonds is 7. The maximum Gasteiger partial charge on any atom is 0.260 e. The maximum absolute atomic E-state index is 12.5. The van der Waals surface area contributed by atoms with Crippen molar-refractivity contribution in [2.45, 2.75) is 23.6 Å². The minimum atomic E-state index is -3.61. The van der Waals surface area contributed by atoms with Crippen LogP contribution in [0.2, 0.25) is 0 Å². The number of aromatic nitrogens is 2. The third kappa shape index (κ3) is 3.50. The predicted molar refractivity (Wildman–Crippen MR) is 87.5 cm³/mol. The lowest BCUT2D eigenvalue weighted by atomic mass is 10.3. The minimum absolute atomic E-state index is 0.150. The van der Waals surface area contributed by atoms with Gasteiger partial charge in [-0.2, -0.15) is 11.8 Å². The molecule has 0 saturated heterocycles. The van der Waals surface area contributed by atoms with E-state index in [2.05, 4.69) is 21.9 Å². The van der Waals surface area contributed by atoms with Gasteiger partial charge in [-0.1, -0.05) is 13.0 Å². The van der Waals surface area contributed by atoms with Gasteiger partial charge in [0.15, 0.2) is 10.8 Å². The van der Waals surface area contributed by atoms with Gasteiger partial charge in [0, 0.05) is 25.0 Å². The molecule has 1 unspecified atom stereocenters. The van der Waals surface area contributed by atoms with E-state index in [9.17, 15) is 8.42 Å². The molecule has 2 aromatic heterocycles. The summed E-state index contributed by atoms with van der Waals surface area (Å²) in [4.78, 5) is 4.29. The van der Waals surface area contributed by atoms with Crippen LogP contribution in [0, 0.1) is 0 Å². The molecule has 1 atom stereocenters. The average molecular weight is 328 g/mol. The first kappa shape index (κ1) is 16.1. The van der Waals surface area contributed by atoms with Crippen LogP contribution in [0.15, 0.2) is 29.4 Å². The summed E-state index contributed by atoms with van der Waals surface area (Å²) >= 11 is 1.72. The second kappa shape index (κ2) is 6.67. The van der Waals surface area contributed by atoms with Crippen molar-refractivity contribution in [3.8, 4) is 0 Å². The van der Waals surface area contributed by atoms with Crippen LogP contribution >= 0.6 is 11.8 Å². The molecule has 0 aliphatic heterocycles. The summed E-state index contributed by atoms with van der Waals surface area (Å²) in [5.74, 6) is 0.353. The molecule has 8 heteroatoms. The lowest BCUT2D eigenvalue weighted by Gasteiger charge is -2.10. The number of thioether (sulfide) groups is 1. The number of fused-ring (bicyclic) bond motifs is 1. The summed E-state index contributed by atoms with van der Waals surface area (Å²) in [7, 11) is -1.95. The quantitative estimate of drug-likeness (QED) is 0.810. The zero-order valence-electron chi connectivity index (χ0n) is 12.3. The van der Waals surface area contributed by atoms with Gasteiger partial charge in [-0.05, 0) is 24.8 Å². The summed E-state index contributed by atoms with van der Waals surface area (Å²) in [6, 6.07) is 5.38. The van der Waals surface area contributed by atoms with E-state index >= 15 is 0 Å². The first-order valence-electron chi connectivity index (χ1n) is 6.67. The van der Waals surface area contributed by atoms with E-state index in [1.807, 2.05) is 12.3 Å². The molecule has 0 amide bonds. The number of pyridine rings is 1. The summed E-state index contributed by atoms with van der Waals surface area (Å²) in [6.45, 7) is 2.49. The van der Waals surface area contributed by atoms with Gasteiger partial charge in [0.1, 0.15) is 5.65 Å². The molecule has 0 spiro atoms. The van der Waals surface area contributed by atoms with Crippen molar-refractivity contribution in [1.29, 1.82) is 0 Å². The van der Waals surface area contributed by atoms with Gasteiger partial charge >= 0.3 is 0 Å². The molecule has 2 rings (SSSR count). The SMILES string of the molecule is CNc1nc2ccccn2c1S(=O)(=O)NCCC(C)SC. The van der Waals surface area contributed by atoms with Crippen LogP contribution in [-0.4, -0.2) is 42.9 Å². The van der Waals surface area contributed by atoms with Crippen molar-refractivity contribution in [2.75, 3.05) is 25.2 Å². The van der Waals surface area contributed by atoms with Crippen LogP contribution in [0.25, 0.3) is 5.65 Å². The van der Waals surface area contributed by atoms with Crippen molar-refractivity contribution in [3.63, 3.8) is 0 Å². The molecule has 6 nitrogen and oxygen atoms in total. The largest absolute Gasteiger partial charge is 0.371 e. The summed E-state index contributed by atoms with van der Waals surface area (Å²) < 4.78 is 29.3. The molecular formula is C13H20N4O2S2. The number of nitrogens with one attached hydrogen (secondary N) is 2. The maximum atomic E-state index is 12.5. The van der Waals surface area contributed by atoms with E-state index in [1.165, 1.54) is 0 Å². The Kier molecular flexibility index (Phi) is 5.13. The summed E-state index contributed by atoms with van der Waals surface area (Å²) in [5, 5.41) is 3.41. The molecule has 21 heavy (non-hydrogen) atoms. The van der Waals surface area contributed by atoms with Crippen molar-refractivity contribution in [1.82, 2.24) is 14.1 Å². The Morgan fingerprint density at radius 2 is 2.19 bits per heavy atom. The minimum Gasteiger partial charge on any atom is -0.371 e. The van der Waals surface area contributed by atoms with Crippen LogP contribution in [0.4, 0.5) is 5.82 Å². The molecule has 0 aromatic carbocycles. The second-order valence-corrected chi connectivity index (χ2v) is 7.64. The Balaban J connectivity index is 2.31. The fraction of sp³-hybridized carbons (Fsp3) is 0.462. The lowest BCUT2D eigenvalue weighted by Crippen LogP contribution is -2.28. The lowest BCUT2D eigenvalue weighted by molar-refractivity contribution is 0.574. The Hall–Kier alpha value is -1.25. The molecule has 0 aliphatic rings. The van der Waals surface area contributed by atoms with E-state index in [-0.39, 0.29) is 5.03 Å². The van der Waals surface area contributed by atoms with E-state index in [0.29, 0.717) is 23.3 Å². The molecule has 0 radical (unpaired) electrons. The third-order valence-electron chi connectivity index (χ3n) is 3.22. The zero-order chi connectivity index (χ0) is 15.5. The molecule has 2 N–H and O–H groups in total. The highest BCUT2D eigenvalue weighted by Crippen LogP contribution is 2.22. The van der Waals surface area contributed by atoms with Crippen molar-refractivity contribution in [3.05, 3.63) is 24.4 Å². The fourth-order valence-electron chi connectivity index (χ4n) is 1.98. The molecule has 0 saturated carbocycles. The standard InChI is InChI=1S/C13H20N4O2S2/c1-10(20-3)7-8-15-21(18,19)13-12(14-2)16-11-6-4-5-9-17(11)13/h4-6,9-10,14-15H,7-8H2,1-3H3. The van der Waals surface area contributed by atoms with E-state index in [4.69, 9.17) is 0 Å². The second-order valence-electron chi connectivity index (χ2n) is 4.68. The van der Waals surface area contributed by atoms with Crippen molar-refractivity contribution in [2.24, 2.45) is 0 Å². The molecule has 2 aromatic rings. The van der Waals surface area contributed by atoms with Crippen molar-refractivity contribution >= 4 is 33.3 Å². The van der Waals surface area contributed by atoms with E-state index < -0.39 is 10.0 Å². The van der Waals surface area contributed by atoms with Gasteiger partial charge in [-0.15, -0.1) is 0 Å². The van der Waals surface area contributed by atoms with Gasteiger partial charge in [0.25, 0.3) is 10.0 Å². The third-order valence-corrected chi connectivity index (χ3v) is 5.75. The number of imidazole rings is 1. The first-order chi connectivity index (χ1) is 9.99. The van der Waals surface area contributed by atoms with Crippen LogP contribution in [0.5, 0.6) is 0 Å². The molecule has 0 aliphatic carbocycles. The van der Waals surface area contributed by atoms with Crippen LogP contribution in [0.3, 0.4) is 0 Å². The van der Waals surface area contributed by atoms with Gasteiger partial charge in [0.2, 0.25) is 0 Å². The fourth-order valence-corrected chi connectivity index (χ4v) is 3.67. The molecular weight excluding hydrogens is 308 g/mol. The average Bonchev–Trinajstić information content (AvgIpc) is 2.86. The van der Waals surface area contributed by atoms with Gasteiger partial charge in [-0.3, -0.25) is 4.40 Å². The molecule has 2 heterocycles. The van der Waals surface area contributed by atoms with E-state index in [1.54, 1.807) is 41.5 Å². The Morgan fingerprint density at radius 3 is 2.86 bits per heavy atom. The monoisotopic (exact) mass is 328 g/mol. The van der Waals surface area contributed by atoms with Crippen LogP contribution in [0.1, 0.15) is 13.3 Å². The smallest absolute Gasteiger partial charge is 0.260 e. The molecule has 0 bridgehead atoms. The Morgan fingerprint density at radius 1 is 1.43 bits per heavy atom. The van der Waals surface area contributed by atoms with Crippen molar-refractivity contribution < 1.29 is 8.42 Å².